The molecule has 0 aliphatic rings. The number of sulfonamides is 1. The number of nitrogens with zero attached hydrogens (tertiary/aromatic N) is 5. The van der Waals surface area contributed by atoms with Crippen LogP contribution in [0.4, 0.5) is 5.13 Å². The first-order chi connectivity index (χ1) is 18.3. The lowest BCUT2D eigenvalue weighted by atomic mass is 9.94. The first-order valence-electron chi connectivity index (χ1n) is 11.6. The second-order valence-electron chi connectivity index (χ2n) is 8.56. The number of primary sulfonamides is 1. The smallest absolute Gasteiger partial charge is 0.239 e. The number of ether oxygens (including phenoxy) is 1. The summed E-state index contributed by atoms with van der Waals surface area (Å²) < 4.78 is 33.8. The van der Waals surface area contributed by atoms with E-state index >= 15 is 0 Å². The van der Waals surface area contributed by atoms with Gasteiger partial charge in [0.1, 0.15) is 5.75 Å². The minimum Gasteiger partial charge on any atom is -0.497 e. The van der Waals surface area contributed by atoms with Gasteiger partial charge in [0.2, 0.25) is 10.0 Å². The van der Waals surface area contributed by atoms with Crippen LogP contribution in [0, 0.1) is 0 Å². The Hall–Kier alpha value is -3.91. The third-order valence-corrected chi connectivity index (χ3v) is 7.99. The summed E-state index contributed by atoms with van der Waals surface area (Å²) in [6.07, 6.45) is 0.653. The molecule has 11 nitrogen and oxygen atoms in total. The molecule has 2 aromatic heterocycles. The molecular formula is C25H25N7O4S2. The molecule has 0 spiro atoms. The van der Waals surface area contributed by atoms with Gasteiger partial charge in [-0.3, -0.25) is 0 Å². The molecule has 0 aliphatic heterocycles. The molecule has 5 aromatic rings. The third-order valence-electron chi connectivity index (χ3n) is 6.10. The quantitative estimate of drug-likeness (QED) is 0.249. The number of para-hydroxylation sites is 1. The second kappa shape index (κ2) is 10.5. The Morgan fingerprint density at radius 3 is 2.58 bits per heavy atom. The highest BCUT2D eigenvalue weighted by Gasteiger charge is 2.28. The van der Waals surface area contributed by atoms with E-state index in [-0.39, 0.29) is 29.4 Å². The van der Waals surface area contributed by atoms with Crippen LogP contribution in [0.25, 0.3) is 32.7 Å². The normalized spacial score (nSPS) is 11.8. The molecule has 3 aromatic carbocycles. The number of aliphatic hydroxyl groups is 1. The van der Waals surface area contributed by atoms with Crippen LogP contribution >= 0.6 is 11.3 Å². The van der Waals surface area contributed by atoms with E-state index in [0.29, 0.717) is 45.9 Å². The highest BCUT2D eigenvalue weighted by atomic mass is 32.2. The summed E-state index contributed by atoms with van der Waals surface area (Å²) in [6, 6.07) is 16.5. The number of hydrogen-bond donors (Lipinski definition) is 3. The summed E-state index contributed by atoms with van der Waals surface area (Å²) in [6.45, 7) is 0.165. The SMILES string of the molecule is COc1ccc(Cn2nnnc2-c2c(-c3cccc4sc(N)nc34)ccc(CCCO)c2S(N)(=O)=O)cc1. The summed E-state index contributed by atoms with van der Waals surface area (Å²) in [5.74, 6) is 0.933. The lowest BCUT2D eigenvalue weighted by molar-refractivity contribution is 0.288. The van der Waals surface area contributed by atoms with E-state index in [0.717, 1.165) is 10.3 Å². The fourth-order valence-corrected chi connectivity index (χ4v) is 6.22. The predicted molar refractivity (Wildman–Crippen MR) is 145 cm³/mol. The molecule has 0 aliphatic carbocycles. The summed E-state index contributed by atoms with van der Waals surface area (Å²) in [7, 11) is -2.66. The van der Waals surface area contributed by atoms with Crippen molar-refractivity contribution in [2.75, 3.05) is 19.5 Å². The van der Waals surface area contributed by atoms with Gasteiger partial charge < -0.3 is 15.6 Å². The van der Waals surface area contributed by atoms with Crippen molar-refractivity contribution in [1.29, 1.82) is 0 Å². The molecule has 2 heterocycles. The number of benzene rings is 3. The molecule has 0 saturated heterocycles. The van der Waals surface area contributed by atoms with Gasteiger partial charge in [0.25, 0.3) is 0 Å². The van der Waals surface area contributed by atoms with Crippen molar-refractivity contribution in [2.24, 2.45) is 5.14 Å². The Labute approximate surface area is 222 Å². The topological polar surface area (TPSA) is 172 Å². The number of tetrazole rings is 1. The van der Waals surface area contributed by atoms with Gasteiger partial charge >= 0.3 is 0 Å². The fraction of sp³-hybridized carbons (Fsp3) is 0.200. The van der Waals surface area contributed by atoms with E-state index in [1.165, 1.54) is 16.0 Å². The molecule has 0 atom stereocenters. The second-order valence-corrected chi connectivity index (χ2v) is 11.1. The Morgan fingerprint density at radius 2 is 1.87 bits per heavy atom. The van der Waals surface area contributed by atoms with Crippen molar-refractivity contribution >= 4 is 36.7 Å². The van der Waals surface area contributed by atoms with Crippen LogP contribution in [0.3, 0.4) is 0 Å². The molecule has 5 N–H and O–H groups in total. The van der Waals surface area contributed by atoms with Crippen molar-refractivity contribution < 1.29 is 18.3 Å². The molecule has 0 bridgehead atoms. The molecule has 13 heteroatoms. The van der Waals surface area contributed by atoms with E-state index in [1.807, 2.05) is 48.5 Å². The van der Waals surface area contributed by atoms with Crippen molar-refractivity contribution in [1.82, 2.24) is 25.2 Å². The molecule has 0 fully saturated rings. The number of nitrogens with two attached hydrogens (primary N) is 2. The number of hydrogen-bond acceptors (Lipinski definition) is 10. The first kappa shape index (κ1) is 25.7. The van der Waals surface area contributed by atoms with Gasteiger partial charge in [-0.1, -0.05) is 47.7 Å². The van der Waals surface area contributed by atoms with Crippen LogP contribution in [0.1, 0.15) is 17.5 Å². The maximum atomic E-state index is 13.1. The average molecular weight is 552 g/mol. The van der Waals surface area contributed by atoms with Crippen molar-refractivity contribution in [3.8, 4) is 28.3 Å². The predicted octanol–water partition coefficient (Wildman–Crippen LogP) is 2.83. The van der Waals surface area contributed by atoms with Crippen LogP contribution in [-0.2, 0) is 23.0 Å². The van der Waals surface area contributed by atoms with Crippen molar-refractivity contribution in [3.63, 3.8) is 0 Å². The van der Waals surface area contributed by atoms with Gasteiger partial charge in [0.15, 0.2) is 11.0 Å². The number of aliphatic hydroxyl groups excluding tert-OH is 1. The van der Waals surface area contributed by atoms with Gasteiger partial charge in [-0.25, -0.2) is 23.2 Å². The van der Waals surface area contributed by atoms with Crippen molar-refractivity contribution in [3.05, 3.63) is 65.7 Å². The van der Waals surface area contributed by atoms with Gasteiger partial charge in [-0.2, -0.15) is 0 Å². The highest BCUT2D eigenvalue weighted by Crippen LogP contribution is 2.41. The van der Waals surface area contributed by atoms with Crippen LogP contribution < -0.4 is 15.6 Å². The monoisotopic (exact) mass is 551 g/mol. The molecule has 38 heavy (non-hydrogen) atoms. The molecule has 0 saturated carbocycles. The Bertz CT molecular complexity index is 1710. The van der Waals surface area contributed by atoms with Gasteiger partial charge in [-0.05, 0) is 58.2 Å². The maximum Gasteiger partial charge on any atom is 0.239 e. The maximum absolute atomic E-state index is 13.1. The number of anilines is 1. The number of aromatic nitrogens is 5. The van der Waals surface area contributed by atoms with Crippen LogP contribution in [0.2, 0.25) is 0 Å². The summed E-state index contributed by atoms with van der Waals surface area (Å²) in [4.78, 5) is 4.41. The summed E-state index contributed by atoms with van der Waals surface area (Å²) in [5, 5.41) is 27.9. The van der Waals surface area contributed by atoms with E-state index in [2.05, 4.69) is 20.5 Å². The Kier molecular flexibility index (Phi) is 7.08. The van der Waals surface area contributed by atoms with Gasteiger partial charge in [0.05, 0.1) is 28.8 Å². The van der Waals surface area contributed by atoms with E-state index in [4.69, 9.17) is 15.6 Å². The lowest BCUT2D eigenvalue weighted by Gasteiger charge is -2.18. The zero-order valence-electron chi connectivity index (χ0n) is 20.4. The van der Waals surface area contributed by atoms with Crippen LogP contribution in [0.15, 0.2) is 59.5 Å². The largest absolute Gasteiger partial charge is 0.497 e. The average Bonchev–Trinajstić information content (AvgIpc) is 3.52. The molecule has 0 amide bonds. The summed E-state index contributed by atoms with van der Waals surface area (Å²) in [5.41, 5.74) is 9.45. The number of nitrogen functional groups attached to an aromatic ring is 1. The number of methoxy groups -OCH3 is 1. The minimum absolute atomic E-state index is 0.0885. The highest BCUT2D eigenvalue weighted by molar-refractivity contribution is 7.89. The number of rotatable bonds is 9. The zero-order valence-corrected chi connectivity index (χ0v) is 22.0. The first-order valence-corrected chi connectivity index (χ1v) is 14.0. The lowest BCUT2D eigenvalue weighted by Crippen LogP contribution is -2.18. The number of thiazole rings is 1. The Morgan fingerprint density at radius 1 is 1.08 bits per heavy atom. The van der Waals surface area contributed by atoms with Crippen molar-refractivity contribution in [2.45, 2.75) is 24.3 Å². The number of aryl methyl sites for hydroxylation is 1. The third kappa shape index (κ3) is 4.96. The molecular weight excluding hydrogens is 526 g/mol. The standard InChI is InChI=1S/C25H25N7O4S2/c1-36-17-10-7-15(8-11-17)14-32-24(29-30-31-32)21-18(19-5-2-6-20-22(19)28-25(26)37-20)12-9-16(4-3-13-33)23(21)38(27,34)35/h2,5-12,33H,3-4,13-14H2,1H3,(H2,26,28)(H2,27,34,35). The van der Waals surface area contributed by atoms with E-state index < -0.39 is 10.0 Å². The van der Waals surface area contributed by atoms with Crippen LogP contribution in [-0.4, -0.2) is 52.4 Å². The molecule has 5 rings (SSSR count). The van der Waals surface area contributed by atoms with Crippen LogP contribution in [0.5, 0.6) is 5.75 Å². The Balaban J connectivity index is 1.78. The molecule has 0 radical (unpaired) electrons. The summed E-state index contributed by atoms with van der Waals surface area (Å²) >= 11 is 1.34. The van der Waals surface area contributed by atoms with E-state index in [9.17, 15) is 13.5 Å². The van der Waals surface area contributed by atoms with Gasteiger partial charge in [0, 0.05) is 17.7 Å². The number of fused-ring (bicyclic) bond motifs is 1. The minimum atomic E-state index is -4.25. The van der Waals surface area contributed by atoms with E-state index in [1.54, 1.807) is 13.2 Å². The van der Waals surface area contributed by atoms with Gasteiger partial charge in [-0.15, -0.1) is 5.10 Å². The molecule has 196 valence electrons. The molecule has 0 unspecified atom stereocenters. The fourth-order valence-electron chi connectivity index (χ4n) is 4.44. The zero-order chi connectivity index (χ0) is 26.9.